The monoisotopic (exact) mass is 725 g/mol. The lowest BCUT2D eigenvalue weighted by molar-refractivity contribution is -0.137. The van der Waals surface area contributed by atoms with Gasteiger partial charge in [0.15, 0.2) is 5.75 Å². The molecule has 0 spiro atoms. The number of alkyl halides is 3. The lowest BCUT2D eigenvalue weighted by Crippen LogP contribution is -2.40. The summed E-state index contributed by atoms with van der Waals surface area (Å²) in [6.07, 6.45) is -4.57. The summed E-state index contributed by atoms with van der Waals surface area (Å²) in [6.45, 7) is 7.57. The number of para-hydroxylation sites is 1. The van der Waals surface area contributed by atoms with Gasteiger partial charge in [0.25, 0.3) is 5.91 Å². The number of rotatable bonds is 9. The van der Waals surface area contributed by atoms with Gasteiger partial charge in [0.1, 0.15) is 11.6 Å². The summed E-state index contributed by atoms with van der Waals surface area (Å²) in [5.74, 6) is -0.262. The van der Waals surface area contributed by atoms with Gasteiger partial charge >= 0.3 is 6.18 Å². The molecule has 4 aromatic rings. The third-order valence-corrected chi connectivity index (χ3v) is 7.76. The highest BCUT2D eigenvalue weighted by Crippen LogP contribution is 2.33. The molecular weight excluding hydrogens is 678 g/mol. The van der Waals surface area contributed by atoms with E-state index in [2.05, 4.69) is 22.3 Å². The number of halogens is 4. The number of ether oxygens (including phenoxy) is 2. The Bertz CT molecular complexity index is 1750. The van der Waals surface area contributed by atoms with Gasteiger partial charge in [0.05, 0.1) is 43.6 Å². The van der Waals surface area contributed by atoms with Crippen molar-refractivity contribution in [3.05, 3.63) is 113 Å². The maximum Gasteiger partial charge on any atom is 0.416 e. The highest BCUT2D eigenvalue weighted by atomic mass is 19.4. The lowest BCUT2D eigenvalue weighted by Gasteiger charge is -2.30. The van der Waals surface area contributed by atoms with E-state index in [0.29, 0.717) is 30.2 Å². The van der Waals surface area contributed by atoms with Crippen LogP contribution in [0.25, 0.3) is 11.1 Å². The summed E-state index contributed by atoms with van der Waals surface area (Å²) in [6, 6.07) is 22.0. The van der Waals surface area contributed by atoms with Gasteiger partial charge in [0.2, 0.25) is 5.91 Å². The second-order valence-corrected chi connectivity index (χ2v) is 12.3. The molecule has 2 amide bonds. The Morgan fingerprint density at radius 1 is 0.981 bits per heavy atom. The molecule has 12 heteroatoms. The maximum atomic E-state index is 13.5. The van der Waals surface area contributed by atoms with Gasteiger partial charge in [-0.2, -0.15) is 13.2 Å². The molecule has 0 unspecified atom stereocenters. The first-order valence-corrected chi connectivity index (χ1v) is 17.0. The van der Waals surface area contributed by atoms with E-state index in [1.54, 1.807) is 30.2 Å². The number of carbonyl (C=O) groups excluding carboxylic acids is 2. The second-order valence-electron chi connectivity index (χ2n) is 12.3. The molecule has 4 aromatic carbocycles. The maximum absolute atomic E-state index is 13.5. The summed E-state index contributed by atoms with van der Waals surface area (Å²) >= 11 is 0. The van der Waals surface area contributed by atoms with Crippen LogP contribution < -0.4 is 14.8 Å². The number of amides is 2. The third-order valence-electron chi connectivity index (χ3n) is 7.76. The fourth-order valence-electron chi connectivity index (χ4n) is 5.39. The molecule has 2 N–H and O–H groups in total. The molecule has 8 nitrogen and oxygen atoms in total. The smallest absolute Gasteiger partial charge is 0.416 e. The predicted molar refractivity (Wildman–Crippen MR) is 195 cm³/mol. The normalized spacial score (nSPS) is 14.0. The number of fused-ring (bicyclic) bond motifs is 1. The number of nitrogens with zero attached hydrogens (tertiary/aromatic N) is 2. The van der Waals surface area contributed by atoms with E-state index < -0.39 is 17.6 Å². The number of aliphatic hydroxyl groups excluding tert-OH is 1. The van der Waals surface area contributed by atoms with E-state index in [0.717, 1.165) is 29.8 Å². The van der Waals surface area contributed by atoms with Crippen molar-refractivity contribution in [3.8, 4) is 22.6 Å². The average Bonchev–Trinajstić information content (AvgIpc) is 3.10. The Morgan fingerprint density at radius 2 is 1.63 bits per heavy atom. The van der Waals surface area contributed by atoms with Crippen LogP contribution in [-0.4, -0.2) is 74.2 Å². The van der Waals surface area contributed by atoms with E-state index >= 15 is 0 Å². The standard InChI is InChI=1S/C22H23F3N2O4.C16H18FNO.C2H6/c1-14-12-27(9-10-28)21(30)17-3-2-4-18(20(17)31-13-14)26-19(29)11-15-5-7-16(8-6-15)22(23,24)25;1-18(2)11-12-4-6-13(7-5-12)14-8-15(17)10-16(9-14)19-3;1-2/h2-8,14,28H,9-13H2,1H3,(H,26,29);4-10H,11H2,1-3H3;1-2H3/t14-;;/m1../s1. The number of β-amino-alcohol motifs (C(OH)–C–C–N with tert-alkyl or cyclic N) is 1. The zero-order valence-corrected chi connectivity index (χ0v) is 30.4. The molecule has 1 aliphatic heterocycles. The Morgan fingerprint density at radius 3 is 2.23 bits per heavy atom. The van der Waals surface area contributed by atoms with Crippen molar-refractivity contribution >= 4 is 17.5 Å². The molecule has 5 rings (SSSR count). The molecule has 52 heavy (non-hydrogen) atoms. The fraction of sp³-hybridized carbons (Fsp3) is 0.350. The molecule has 0 aliphatic carbocycles. The number of nitrogens with one attached hydrogen (secondary N) is 1. The topological polar surface area (TPSA) is 91.3 Å². The number of hydrogen-bond donors (Lipinski definition) is 2. The molecule has 1 atom stereocenters. The molecule has 0 radical (unpaired) electrons. The van der Waals surface area contributed by atoms with Crippen molar-refractivity contribution < 1.29 is 41.7 Å². The van der Waals surface area contributed by atoms with Crippen LogP contribution >= 0.6 is 0 Å². The number of methoxy groups -OCH3 is 1. The molecule has 0 saturated heterocycles. The van der Waals surface area contributed by atoms with Crippen LogP contribution in [0.5, 0.6) is 11.5 Å². The number of anilines is 1. The van der Waals surface area contributed by atoms with Gasteiger partial charge in [-0.25, -0.2) is 4.39 Å². The average molecular weight is 726 g/mol. The minimum Gasteiger partial charge on any atom is -0.497 e. The molecule has 0 aromatic heterocycles. The van der Waals surface area contributed by atoms with Gasteiger partial charge in [0, 0.05) is 31.6 Å². The summed E-state index contributed by atoms with van der Waals surface area (Å²) in [5.41, 5.74) is 3.26. The van der Waals surface area contributed by atoms with E-state index in [-0.39, 0.29) is 48.5 Å². The third kappa shape index (κ3) is 12.1. The van der Waals surface area contributed by atoms with E-state index in [1.165, 1.54) is 29.8 Å². The quantitative estimate of drug-likeness (QED) is 0.170. The zero-order chi connectivity index (χ0) is 38.4. The fourth-order valence-corrected chi connectivity index (χ4v) is 5.39. The first-order valence-electron chi connectivity index (χ1n) is 17.0. The molecule has 0 fully saturated rings. The first-order chi connectivity index (χ1) is 24.8. The Labute approximate surface area is 303 Å². The molecule has 1 aliphatic rings. The van der Waals surface area contributed by atoms with Crippen LogP contribution in [0.4, 0.5) is 23.2 Å². The Balaban J connectivity index is 0.000000297. The van der Waals surface area contributed by atoms with Gasteiger partial charge in [-0.15, -0.1) is 0 Å². The minimum atomic E-state index is -4.44. The van der Waals surface area contributed by atoms with E-state index in [1.807, 2.05) is 53.1 Å². The Kier molecular flexibility index (Phi) is 15.6. The van der Waals surface area contributed by atoms with Crippen molar-refractivity contribution in [3.63, 3.8) is 0 Å². The highest BCUT2D eigenvalue weighted by molar-refractivity contribution is 6.01. The summed E-state index contributed by atoms with van der Waals surface area (Å²) in [7, 11) is 5.61. The predicted octanol–water partition coefficient (Wildman–Crippen LogP) is 7.94. The van der Waals surface area contributed by atoms with Crippen LogP contribution in [0, 0.1) is 11.7 Å². The van der Waals surface area contributed by atoms with Gasteiger partial charge in [-0.05, 0) is 72.7 Å². The van der Waals surface area contributed by atoms with Crippen molar-refractivity contribution in [1.82, 2.24) is 9.80 Å². The van der Waals surface area contributed by atoms with Gasteiger partial charge in [-0.3, -0.25) is 9.59 Å². The number of hydrogen-bond acceptors (Lipinski definition) is 6. The van der Waals surface area contributed by atoms with Crippen LogP contribution in [0.3, 0.4) is 0 Å². The van der Waals surface area contributed by atoms with E-state index in [4.69, 9.17) is 9.47 Å². The molecule has 1 heterocycles. The van der Waals surface area contributed by atoms with Crippen molar-refractivity contribution in [2.24, 2.45) is 5.92 Å². The minimum absolute atomic E-state index is 0.0135. The second kappa shape index (κ2) is 19.6. The van der Waals surface area contributed by atoms with Crippen LogP contribution in [-0.2, 0) is 23.9 Å². The Hall–Kier alpha value is -4.94. The molecule has 0 bridgehead atoms. The highest BCUT2D eigenvalue weighted by Gasteiger charge is 2.30. The van der Waals surface area contributed by atoms with Crippen LogP contribution in [0.2, 0.25) is 0 Å². The van der Waals surface area contributed by atoms with Crippen LogP contribution in [0.15, 0.2) is 84.9 Å². The zero-order valence-electron chi connectivity index (χ0n) is 30.4. The largest absolute Gasteiger partial charge is 0.497 e. The summed E-state index contributed by atoms with van der Waals surface area (Å²) < 4.78 is 62.4. The van der Waals surface area contributed by atoms with Crippen molar-refractivity contribution in [1.29, 1.82) is 0 Å². The molecular formula is C40H47F4N3O5. The molecule has 280 valence electrons. The number of carbonyl (C=O) groups is 2. The van der Waals surface area contributed by atoms with E-state index in [9.17, 15) is 32.3 Å². The number of benzene rings is 4. The van der Waals surface area contributed by atoms with Crippen molar-refractivity contribution in [2.75, 3.05) is 52.8 Å². The SMILES string of the molecule is CC.COc1cc(F)cc(-c2ccc(CN(C)C)cc2)c1.C[C@H]1COc2c(NC(=O)Cc3ccc(C(F)(F)F)cc3)cccc2C(=O)N(CCO)C1. The lowest BCUT2D eigenvalue weighted by atomic mass is 10.0. The van der Waals surface area contributed by atoms with Gasteiger partial charge < -0.3 is 29.7 Å². The number of aliphatic hydroxyl groups is 1. The summed E-state index contributed by atoms with van der Waals surface area (Å²) in [5, 5.41) is 12.0. The first kappa shape index (κ1) is 41.5. The van der Waals surface area contributed by atoms with Crippen molar-refractivity contribution in [2.45, 2.75) is 39.9 Å². The summed E-state index contributed by atoms with van der Waals surface area (Å²) in [4.78, 5) is 29.0. The molecule has 0 saturated carbocycles. The van der Waals surface area contributed by atoms with Crippen LogP contribution in [0.1, 0.15) is 47.8 Å². The van der Waals surface area contributed by atoms with Gasteiger partial charge in [-0.1, -0.05) is 63.2 Å².